The van der Waals surface area contributed by atoms with Crippen LogP contribution in [0.4, 0.5) is 11.4 Å². The van der Waals surface area contributed by atoms with Gasteiger partial charge in [-0.15, -0.1) is 0 Å². The first kappa shape index (κ1) is 22.1. The summed E-state index contributed by atoms with van der Waals surface area (Å²) in [6.45, 7) is 4.14. The van der Waals surface area contributed by atoms with Crippen LogP contribution in [0.25, 0.3) is 0 Å². The van der Waals surface area contributed by atoms with Gasteiger partial charge in [0.25, 0.3) is 0 Å². The van der Waals surface area contributed by atoms with Crippen LogP contribution in [-0.4, -0.2) is 18.2 Å². The Morgan fingerprint density at radius 2 is 1.87 bits per heavy atom. The van der Waals surface area contributed by atoms with E-state index in [1.165, 1.54) is 19.4 Å². The minimum Gasteiger partial charge on any atom is -0.493 e. The molecule has 1 N–H and O–H groups in total. The first-order chi connectivity index (χ1) is 14.9. The van der Waals surface area contributed by atoms with E-state index in [0.717, 1.165) is 22.4 Å². The zero-order valence-electron chi connectivity index (χ0n) is 17.4. The molecule has 0 spiro atoms. The largest absolute Gasteiger partial charge is 0.493 e. The van der Waals surface area contributed by atoms with Gasteiger partial charge in [0.1, 0.15) is 6.61 Å². The van der Waals surface area contributed by atoms with Crippen molar-refractivity contribution >= 4 is 29.2 Å². The molecule has 0 aliphatic rings. The Labute approximate surface area is 185 Å². The van der Waals surface area contributed by atoms with Gasteiger partial charge in [0.15, 0.2) is 5.75 Å². The summed E-state index contributed by atoms with van der Waals surface area (Å²) in [5.74, 6) is 0.337. The van der Waals surface area contributed by atoms with Gasteiger partial charge in [0.05, 0.1) is 23.9 Å². The molecule has 0 radical (unpaired) electrons. The molecule has 0 aromatic heterocycles. The summed E-state index contributed by atoms with van der Waals surface area (Å²) in [4.78, 5) is 11.2. The van der Waals surface area contributed by atoms with E-state index < -0.39 is 4.92 Å². The summed E-state index contributed by atoms with van der Waals surface area (Å²) in [7, 11) is 1.44. The van der Waals surface area contributed by atoms with E-state index in [1.54, 1.807) is 30.3 Å². The molecule has 3 rings (SSSR count). The van der Waals surface area contributed by atoms with Crippen molar-refractivity contribution in [3.8, 4) is 11.5 Å². The number of benzene rings is 3. The maximum absolute atomic E-state index is 11.7. The molecular formula is C23H22ClN3O4. The van der Waals surface area contributed by atoms with Crippen molar-refractivity contribution in [3.63, 3.8) is 0 Å². The van der Waals surface area contributed by atoms with Crippen LogP contribution in [0.2, 0.25) is 5.02 Å². The molecule has 3 aromatic rings. The van der Waals surface area contributed by atoms with Crippen LogP contribution in [-0.2, 0) is 6.61 Å². The lowest BCUT2D eigenvalue weighted by atomic mass is 10.1. The third-order valence-corrected chi connectivity index (χ3v) is 4.85. The predicted octanol–water partition coefficient (Wildman–Crippen LogP) is 5.90. The molecule has 0 unspecified atom stereocenters. The number of methoxy groups -OCH3 is 1. The predicted molar refractivity (Wildman–Crippen MR) is 123 cm³/mol. The molecule has 0 saturated carbocycles. The van der Waals surface area contributed by atoms with Gasteiger partial charge >= 0.3 is 5.69 Å². The summed E-state index contributed by atoms with van der Waals surface area (Å²) >= 11 is 5.86. The van der Waals surface area contributed by atoms with Gasteiger partial charge in [-0.3, -0.25) is 15.5 Å². The highest BCUT2D eigenvalue weighted by molar-refractivity contribution is 6.30. The SMILES string of the molecule is COc1cc(/C=N/Nc2ccc(Cl)cc2)cc([N+](=O)[O-])c1OCc1cc(C)ccc1C. The molecule has 0 aliphatic carbocycles. The highest BCUT2D eigenvalue weighted by atomic mass is 35.5. The fourth-order valence-corrected chi connectivity index (χ4v) is 3.05. The molecule has 0 amide bonds. The van der Waals surface area contributed by atoms with E-state index >= 15 is 0 Å². The van der Waals surface area contributed by atoms with Gasteiger partial charge in [0.2, 0.25) is 5.75 Å². The number of hydrogen-bond donors (Lipinski definition) is 1. The minimum atomic E-state index is -0.495. The van der Waals surface area contributed by atoms with E-state index in [0.29, 0.717) is 10.6 Å². The molecule has 0 fully saturated rings. The van der Waals surface area contributed by atoms with E-state index in [2.05, 4.69) is 10.5 Å². The Hall–Kier alpha value is -3.58. The second-order valence-electron chi connectivity index (χ2n) is 6.92. The van der Waals surface area contributed by atoms with Gasteiger partial charge in [-0.05, 0) is 55.3 Å². The van der Waals surface area contributed by atoms with Crippen molar-refractivity contribution < 1.29 is 14.4 Å². The van der Waals surface area contributed by atoms with Crippen LogP contribution in [0.5, 0.6) is 11.5 Å². The first-order valence-corrected chi connectivity index (χ1v) is 9.85. The third-order valence-electron chi connectivity index (χ3n) is 4.60. The average Bonchev–Trinajstić information content (AvgIpc) is 2.75. The topological polar surface area (TPSA) is 86.0 Å². The fourth-order valence-electron chi connectivity index (χ4n) is 2.93. The van der Waals surface area contributed by atoms with Crippen molar-refractivity contribution in [2.75, 3.05) is 12.5 Å². The molecule has 0 saturated heterocycles. The van der Waals surface area contributed by atoms with Crippen LogP contribution >= 0.6 is 11.6 Å². The van der Waals surface area contributed by atoms with E-state index in [-0.39, 0.29) is 23.8 Å². The fraction of sp³-hybridized carbons (Fsp3) is 0.174. The second-order valence-corrected chi connectivity index (χ2v) is 7.36. The number of ether oxygens (including phenoxy) is 2. The molecule has 3 aromatic carbocycles. The maximum Gasteiger partial charge on any atom is 0.315 e. The molecule has 0 bridgehead atoms. The zero-order chi connectivity index (χ0) is 22.4. The molecular weight excluding hydrogens is 418 g/mol. The lowest BCUT2D eigenvalue weighted by molar-refractivity contribution is -0.386. The third kappa shape index (κ3) is 5.73. The van der Waals surface area contributed by atoms with Crippen LogP contribution in [0.15, 0.2) is 59.7 Å². The monoisotopic (exact) mass is 439 g/mol. The molecule has 0 aliphatic heterocycles. The van der Waals surface area contributed by atoms with E-state index in [4.69, 9.17) is 21.1 Å². The van der Waals surface area contributed by atoms with Crippen molar-refractivity contribution in [1.29, 1.82) is 0 Å². The smallest absolute Gasteiger partial charge is 0.315 e. The highest BCUT2D eigenvalue weighted by Gasteiger charge is 2.22. The number of nitro groups is 1. The number of nitrogens with one attached hydrogen (secondary N) is 1. The first-order valence-electron chi connectivity index (χ1n) is 9.47. The van der Waals surface area contributed by atoms with Gasteiger partial charge in [-0.25, -0.2) is 0 Å². The number of nitrogens with zero attached hydrogens (tertiary/aromatic N) is 2. The van der Waals surface area contributed by atoms with Crippen LogP contribution < -0.4 is 14.9 Å². The minimum absolute atomic E-state index is 0.0798. The standard InChI is InChI=1S/C23H22ClN3O4/c1-15-4-5-16(2)18(10-15)14-31-23-21(27(28)29)11-17(12-22(23)30-3)13-25-26-20-8-6-19(24)7-9-20/h4-13,26H,14H2,1-3H3/b25-13+. The molecule has 0 heterocycles. The summed E-state index contributed by atoms with van der Waals surface area (Å²) in [5, 5.41) is 16.4. The van der Waals surface area contributed by atoms with E-state index in [1.807, 2.05) is 32.0 Å². The van der Waals surface area contributed by atoms with Crippen molar-refractivity contribution in [2.45, 2.75) is 20.5 Å². The van der Waals surface area contributed by atoms with Gasteiger partial charge < -0.3 is 9.47 Å². The molecule has 8 heteroatoms. The van der Waals surface area contributed by atoms with Gasteiger partial charge in [0, 0.05) is 16.7 Å². The summed E-state index contributed by atoms with van der Waals surface area (Å²) in [6, 6.07) is 16.0. The van der Waals surface area contributed by atoms with Gasteiger partial charge in [-0.1, -0.05) is 35.4 Å². The number of nitro benzene ring substituents is 1. The summed E-state index contributed by atoms with van der Waals surface area (Å²) in [6.07, 6.45) is 1.47. The van der Waals surface area contributed by atoms with Crippen LogP contribution in [0.1, 0.15) is 22.3 Å². The normalized spacial score (nSPS) is 10.8. The Kier molecular flexibility index (Phi) is 7.10. The number of halogens is 1. The van der Waals surface area contributed by atoms with Gasteiger partial charge in [-0.2, -0.15) is 5.10 Å². The van der Waals surface area contributed by atoms with E-state index in [9.17, 15) is 10.1 Å². The second kappa shape index (κ2) is 9.95. The molecule has 160 valence electrons. The number of hydrogen-bond acceptors (Lipinski definition) is 6. The number of anilines is 1. The molecule has 31 heavy (non-hydrogen) atoms. The number of rotatable bonds is 8. The Morgan fingerprint density at radius 1 is 1.13 bits per heavy atom. The summed E-state index contributed by atoms with van der Waals surface area (Å²) in [5.41, 5.74) is 6.96. The zero-order valence-corrected chi connectivity index (χ0v) is 18.1. The lowest BCUT2D eigenvalue weighted by Crippen LogP contribution is -2.04. The molecule has 0 atom stereocenters. The van der Waals surface area contributed by atoms with Crippen molar-refractivity contribution in [2.24, 2.45) is 5.10 Å². The average molecular weight is 440 g/mol. The number of hydrazone groups is 1. The molecule has 7 nitrogen and oxygen atoms in total. The highest BCUT2D eigenvalue weighted by Crippen LogP contribution is 2.38. The summed E-state index contributed by atoms with van der Waals surface area (Å²) < 4.78 is 11.2. The Morgan fingerprint density at radius 3 is 2.55 bits per heavy atom. The number of aryl methyl sites for hydroxylation is 2. The lowest BCUT2D eigenvalue weighted by Gasteiger charge is -2.13. The maximum atomic E-state index is 11.7. The van der Waals surface area contributed by atoms with Crippen LogP contribution in [0.3, 0.4) is 0 Å². The Bertz CT molecular complexity index is 1110. The van der Waals surface area contributed by atoms with Crippen LogP contribution in [0, 0.1) is 24.0 Å². The quantitative estimate of drug-likeness (QED) is 0.268. The van der Waals surface area contributed by atoms with Crippen molar-refractivity contribution in [3.05, 3.63) is 92.0 Å². The Balaban J connectivity index is 1.84. The van der Waals surface area contributed by atoms with Crippen molar-refractivity contribution in [1.82, 2.24) is 0 Å².